The maximum Gasteiger partial charge on any atom is 0.107 e. The van der Waals surface area contributed by atoms with Crippen LogP contribution in [0, 0.1) is 24.7 Å². The molecule has 0 aliphatic carbocycles. The molecule has 2 atom stereocenters. The minimum atomic E-state index is -0.206. The Morgan fingerprint density at radius 3 is 1.47 bits per heavy atom. The Hall–Kier alpha value is -1.08. The quantitative estimate of drug-likeness (QED) is 0.376. The molecule has 0 fully saturated rings. The van der Waals surface area contributed by atoms with Gasteiger partial charge in [0.05, 0.1) is 38.5 Å². The SMILES string of the molecule is C#CCOCC(N)COCC(N)COCC#C. The molecule has 0 aliphatic heterocycles. The summed E-state index contributed by atoms with van der Waals surface area (Å²) in [5.74, 6) is 4.71. The maximum absolute atomic E-state index is 5.71. The van der Waals surface area contributed by atoms with Gasteiger partial charge in [-0.25, -0.2) is 0 Å². The summed E-state index contributed by atoms with van der Waals surface area (Å²) in [4.78, 5) is 0. The van der Waals surface area contributed by atoms with E-state index in [0.717, 1.165) is 0 Å². The molecule has 0 bridgehead atoms. The number of hydrogen-bond acceptors (Lipinski definition) is 5. The first-order valence-corrected chi connectivity index (χ1v) is 5.32. The molecule has 5 heteroatoms. The number of ether oxygens (including phenoxy) is 3. The lowest BCUT2D eigenvalue weighted by Crippen LogP contribution is -2.36. The van der Waals surface area contributed by atoms with Crippen molar-refractivity contribution in [1.82, 2.24) is 0 Å². The van der Waals surface area contributed by atoms with Gasteiger partial charge in [0.15, 0.2) is 0 Å². The molecule has 0 aromatic rings. The van der Waals surface area contributed by atoms with Gasteiger partial charge in [-0.3, -0.25) is 0 Å². The van der Waals surface area contributed by atoms with Crippen molar-refractivity contribution in [2.24, 2.45) is 11.5 Å². The Labute approximate surface area is 103 Å². The van der Waals surface area contributed by atoms with Crippen LogP contribution in [0.3, 0.4) is 0 Å². The molecule has 0 rings (SSSR count). The molecule has 0 aromatic carbocycles. The third-order valence-electron chi connectivity index (χ3n) is 1.70. The van der Waals surface area contributed by atoms with Crippen LogP contribution in [-0.2, 0) is 14.2 Å². The van der Waals surface area contributed by atoms with Crippen molar-refractivity contribution in [2.45, 2.75) is 12.1 Å². The molecule has 0 saturated carbocycles. The van der Waals surface area contributed by atoms with Crippen molar-refractivity contribution in [1.29, 1.82) is 0 Å². The van der Waals surface area contributed by atoms with Crippen LogP contribution in [0.1, 0.15) is 0 Å². The van der Waals surface area contributed by atoms with Crippen molar-refractivity contribution in [3.8, 4) is 24.7 Å². The van der Waals surface area contributed by atoms with Crippen LogP contribution < -0.4 is 11.5 Å². The van der Waals surface area contributed by atoms with E-state index in [-0.39, 0.29) is 25.3 Å². The van der Waals surface area contributed by atoms with Gasteiger partial charge >= 0.3 is 0 Å². The average Bonchev–Trinajstić information content (AvgIpc) is 2.30. The average molecular weight is 240 g/mol. The van der Waals surface area contributed by atoms with Crippen molar-refractivity contribution in [2.75, 3.05) is 39.6 Å². The van der Waals surface area contributed by atoms with Gasteiger partial charge in [-0.15, -0.1) is 12.8 Å². The number of rotatable bonds is 10. The molecule has 0 spiro atoms. The molecule has 96 valence electrons. The number of terminal acetylenes is 2. The first-order chi connectivity index (χ1) is 8.20. The molecule has 0 aliphatic rings. The molecular weight excluding hydrogens is 220 g/mol. The largest absolute Gasteiger partial charge is 0.378 e. The molecule has 17 heavy (non-hydrogen) atoms. The Morgan fingerprint density at radius 2 is 1.12 bits per heavy atom. The standard InChI is InChI=1S/C12H20N2O3/c1-3-5-15-7-11(13)9-17-10-12(14)8-16-6-4-2/h1-2,11-12H,5-10,13-14H2. The van der Waals surface area contributed by atoms with E-state index in [1.807, 2.05) is 0 Å². The molecule has 0 radical (unpaired) electrons. The lowest BCUT2D eigenvalue weighted by atomic mass is 10.3. The van der Waals surface area contributed by atoms with Crippen LogP contribution in [0.4, 0.5) is 0 Å². The third-order valence-corrected chi connectivity index (χ3v) is 1.70. The van der Waals surface area contributed by atoms with E-state index >= 15 is 0 Å². The van der Waals surface area contributed by atoms with E-state index in [1.165, 1.54) is 0 Å². The van der Waals surface area contributed by atoms with E-state index in [4.69, 9.17) is 38.5 Å². The second-order valence-corrected chi connectivity index (χ2v) is 3.50. The van der Waals surface area contributed by atoms with Gasteiger partial charge in [-0.05, 0) is 0 Å². The van der Waals surface area contributed by atoms with Gasteiger partial charge in [-0.1, -0.05) is 11.8 Å². The summed E-state index contributed by atoms with van der Waals surface area (Å²) in [6.07, 6.45) is 10.0. The summed E-state index contributed by atoms with van der Waals surface area (Å²) < 4.78 is 15.4. The topological polar surface area (TPSA) is 79.7 Å². The smallest absolute Gasteiger partial charge is 0.107 e. The highest BCUT2D eigenvalue weighted by molar-refractivity contribution is 4.83. The second kappa shape index (κ2) is 11.4. The highest BCUT2D eigenvalue weighted by Gasteiger charge is 2.06. The van der Waals surface area contributed by atoms with Crippen molar-refractivity contribution in [3.05, 3.63) is 0 Å². The van der Waals surface area contributed by atoms with E-state index < -0.39 is 0 Å². The van der Waals surface area contributed by atoms with Crippen LogP contribution in [-0.4, -0.2) is 51.7 Å². The summed E-state index contributed by atoms with van der Waals surface area (Å²) in [5.41, 5.74) is 11.4. The van der Waals surface area contributed by atoms with Gasteiger partial charge < -0.3 is 25.7 Å². The summed E-state index contributed by atoms with van der Waals surface area (Å²) in [6.45, 7) is 1.99. The molecule has 0 amide bonds. The fraction of sp³-hybridized carbons (Fsp3) is 0.667. The van der Waals surface area contributed by atoms with E-state index in [9.17, 15) is 0 Å². The maximum atomic E-state index is 5.71. The van der Waals surface area contributed by atoms with Crippen molar-refractivity contribution >= 4 is 0 Å². The minimum absolute atomic E-state index is 0.206. The summed E-state index contributed by atoms with van der Waals surface area (Å²) in [7, 11) is 0. The predicted octanol–water partition coefficient (Wildman–Crippen LogP) is -1.04. The van der Waals surface area contributed by atoms with Crippen molar-refractivity contribution < 1.29 is 14.2 Å². The monoisotopic (exact) mass is 240 g/mol. The summed E-state index contributed by atoms with van der Waals surface area (Å²) in [5, 5.41) is 0. The zero-order valence-electron chi connectivity index (χ0n) is 9.93. The molecule has 0 saturated heterocycles. The lowest BCUT2D eigenvalue weighted by molar-refractivity contribution is 0.0533. The molecule has 0 aromatic heterocycles. The van der Waals surface area contributed by atoms with Gasteiger partial charge in [0.2, 0.25) is 0 Å². The molecule has 5 nitrogen and oxygen atoms in total. The van der Waals surface area contributed by atoms with Crippen LogP contribution in [0.25, 0.3) is 0 Å². The zero-order chi connectivity index (χ0) is 12.9. The predicted molar refractivity (Wildman–Crippen MR) is 66.1 cm³/mol. The Morgan fingerprint density at radius 1 is 0.765 bits per heavy atom. The summed E-state index contributed by atoms with van der Waals surface area (Å²) >= 11 is 0. The highest BCUT2D eigenvalue weighted by Crippen LogP contribution is 1.88. The van der Waals surface area contributed by atoms with Gasteiger partial charge in [0, 0.05) is 0 Å². The van der Waals surface area contributed by atoms with Crippen LogP contribution in [0.5, 0.6) is 0 Å². The van der Waals surface area contributed by atoms with Gasteiger partial charge in [0.1, 0.15) is 13.2 Å². The van der Waals surface area contributed by atoms with E-state index in [0.29, 0.717) is 26.4 Å². The van der Waals surface area contributed by atoms with Crippen molar-refractivity contribution in [3.63, 3.8) is 0 Å². The lowest BCUT2D eigenvalue weighted by Gasteiger charge is -2.15. The molecule has 4 N–H and O–H groups in total. The molecule has 0 heterocycles. The Kier molecular flexibility index (Phi) is 10.7. The molecule has 2 unspecified atom stereocenters. The fourth-order valence-corrected chi connectivity index (χ4v) is 1.01. The van der Waals surface area contributed by atoms with Crippen LogP contribution >= 0.6 is 0 Å². The van der Waals surface area contributed by atoms with Crippen LogP contribution in [0.2, 0.25) is 0 Å². The Balaban J connectivity index is 3.36. The number of hydrogen-bond donors (Lipinski definition) is 2. The highest BCUT2D eigenvalue weighted by atomic mass is 16.5. The zero-order valence-corrected chi connectivity index (χ0v) is 9.93. The third kappa shape index (κ3) is 11.2. The van der Waals surface area contributed by atoms with Crippen LogP contribution in [0.15, 0.2) is 0 Å². The van der Waals surface area contributed by atoms with E-state index in [1.54, 1.807) is 0 Å². The normalized spacial score (nSPS) is 13.6. The Bertz CT molecular complexity index is 231. The number of nitrogens with two attached hydrogens (primary N) is 2. The van der Waals surface area contributed by atoms with E-state index in [2.05, 4.69) is 11.8 Å². The fourth-order valence-electron chi connectivity index (χ4n) is 1.01. The minimum Gasteiger partial charge on any atom is -0.378 e. The molecular formula is C12H20N2O3. The van der Waals surface area contributed by atoms with Gasteiger partial charge in [0.25, 0.3) is 0 Å². The summed E-state index contributed by atoms with van der Waals surface area (Å²) in [6, 6.07) is -0.413. The second-order valence-electron chi connectivity index (χ2n) is 3.50. The first-order valence-electron chi connectivity index (χ1n) is 5.32. The first kappa shape index (κ1) is 15.9. The van der Waals surface area contributed by atoms with Gasteiger partial charge in [-0.2, -0.15) is 0 Å².